The molecule has 0 spiro atoms. The van der Waals surface area contributed by atoms with Gasteiger partial charge in [-0.25, -0.2) is 0 Å². The number of nitrogens with one attached hydrogen (secondary N) is 1. The minimum Gasteiger partial charge on any atom is -0.312 e. The van der Waals surface area contributed by atoms with Gasteiger partial charge in [0.2, 0.25) is 0 Å². The molecule has 1 fully saturated rings. The lowest BCUT2D eigenvalue weighted by Crippen LogP contribution is -2.45. The minimum absolute atomic E-state index is 0.126. The van der Waals surface area contributed by atoms with Crippen molar-refractivity contribution in [3.63, 3.8) is 0 Å². The molecule has 1 aromatic carbocycles. The highest BCUT2D eigenvalue weighted by Crippen LogP contribution is 2.29. The number of amides is 2. The van der Waals surface area contributed by atoms with E-state index < -0.39 is 0 Å². The fraction of sp³-hybridized carbons (Fsp3) is 0.500. The summed E-state index contributed by atoms with van der Waals surface area (Å²) < 4.78 is 0. The van der Waals surface area contributed by atoms with Crippen molar-refractivity contribution in [1.29, 1.82) is 0 Å². The maximum atomic E-state index is 12.5. The van der Waals surface area contributed by atoms with Gasteiger partial charge in [0.25, 0.3) is 11.8 Å². The number of benzene rings is 1. The van der Waals surface area contributed by atoms with Gasteiger partial charge in [-0.2, -0.15) is 0 Å². The first-order valence-electron chi connectivity index (χ1n) is 7.29. The van der Waals surface area contributed by atoms with E-state index in [-0.39, 0.29) is 17.9 Å². The number of nitrogens with zero attached hydrogens (tertiary/aromatic N) is 1. The summed E-state index contributed by atoms with van der Waals surface area (Å²) in [5, 5.41) is 3.40. The molecule has 3 rings (SSSR count). The van der Waals surface area contributed by atoms with Crippen LogP contribution in [-0.2, 0) is 0 Å². The van der Waals surface area contributed by atoms with Gasteiger partial charge in [-0.1, -0.05) is 18.6 Å². The Morgan fingerprint density at radius 1 is 1.10 bits per heavy atom. The number of carbonyl (C=O) groups is 2. The fourth-order valence-electron chi connectivity index (χ4n) is 3.19. The second kappa shape index (κ2) is 5.02. The molecule has 0 aromatic heterocycles. The molecule has 0 radical (unpaired) electrons. The molecular formula is C16H20N2O2. The maximum Gasteiger partial charge on any atom is 0.261 e. The number of rotatable bonds is 2. The summed E-state index contributed by atoms with van der Waals surface area (Å²) in [6.45, 7) is 5.26. The van der Waals surface area contributed by atoms with Crippen LogP contribution in [0, 0.1) is 13.8 Å². The first kappa shape index (κ1) is 13.3. The first-order valence-corrected chi connectivity index (χ1v) is 7.29. The Labute approximate surface area is 119 Å². The van der Waals surface area contributed by atoms with Crippen molar-refractivity contribution in [2.45, 2.75) is 39.2 Å². The summed E-state index contributed by atoms with van der Waals surface area (Å²) in [5.41, 5.74) is 2.99. The number of piperidine rings is 1. The van der Waals surface area contributed by atoms with Crippen LogP contribution < -0.4 is 5.32 Å². The van der Waals surface area contributed by atoms with E-state index in [0.717, 1.165) is 24.1 Å². The minimum atomic E-state index is -0.126. The molecular weight excluding hydrogens is 252 g/mol. The third kappa shape index (κ3) is 2.04. The van der Waals surface area contributed by atoms with Crippen molar-refractivity contribution >= 4 is 11.8 Å². The Morgan fingerprint density at radius 2 is 1.70 bits per heavy atom. The maximum absolute atomic E-state index is 12.5. The fourth-order valence-corrected chi connectivity index (χ4v) is 3.19. The van der Waals surface area contributed by atoms with E-state index in [1.54, 1.807) is 0 Å². The Morgan fingerprint density at radius 3 is 2.20 bits per heavy atom. The van der Waals surface area contributed by atoms with Crippen LogP contribution in [0.15, 0.2) is 12.1 Å². The van der Waals surface area contributed by atoms with Gasteiger partial charge in [-0.15, -0.1) is 0 Å². The Balaban J connectivity index is 1.89. The van der Waals surface area contributed by atoms with E-state index in [1.807, 2.05) is 26.0 Å². The zero-order valence-electron chi connectivity index (χ0n) is 12.0. The van der Waals surface area contributed by atoms with Crippen LogP contribution in [0.4, 0.5) is 0 Å². The van der Waals surface area contributed by atoms with Gasteiger partial charge < -0.3 is 5.32 Å². The van der Waals surface area contributed by atoms with Crippen molar-refractivity contribution in [3.8, 4) is 0 Å². The molecule has 2 aliphatic rings. The average Bonchev–Trinajstić information content (AvgIpc) is 2.70. The molecule has 0 bridgehead atoms. The highest BCUT2D eigenvalue weighted by molar-refractivity contribution is 6.22. The second-order valence-corrected chi connectivity index (χ2v) is 5.82. The summed E-state index contributed by atoms with van der Waals surface area (Å²) in [5.74, 6) is -0.253. The summed E-state index contributed by atoms with van der Waals surface area (Å²) in [4.78, 5) is 26.5. The predicted octanol–water partition coefficient (Wildman–Crippen LogP) is 2.04. The van der Waals surface area contributed by atoms with Gasteiger partial charge in [0, 0.05) is 12.6 Å². The molecule has 4 nitrogen and oxygen atoms in total. The molecule has 2 amide bonds. The lowest BCUT2D eigenvalue weighted by molar-refractivity contribution is 0.0632. The molecule has 1 N–H and O–H groups in total. The molecule has 106 valence electrons. The van der Waals surface area contributed by atoms with Crippen LogP contribution in [-0.4, -0.2) is 35.8 Å². The zero-order chi connectivity index (χ0) is 14.3. The van der Waals surface area contributed by atoms with Crippen LogP contribution >= 0.6 is 0 Å². The molecule has 2 aliphatic heterocycles. The zero-order valence-corrected chi connectivity index (χ0v) is 12.0. The first-order chi connectivity index (χ1) is 9.59. The molecule has 4 heteroatoms. The van der Waals surface area contributed by atoms with Crippen LogP contribution in [0.2, 0.25) is 0 Å². The van der Waals surface area contributed by atoms with Gasteiger partial charge in [-0.05, 0) is 44.4 Å². The smallest absolute Gasteiger partial charge is 0.261 e. The highest BCUT2D eigenvalue weighted by Gasteiger charge is 2.38. The quantitative estimate of drug-likeness (QED) is 0.838. The van der Waals surface area contributed by atoms with E-state index in [4.69, 9.17) is 0 Å². The van der Waals surface area contributed by atoms with E-state index >= 15 is 0 Å². The molecule has 1 saturated heterocycles. The summed E-state index contributed by atoms with van der Waals surface area (Å²) in [6, 6.07) is 4.08. The standard InChI is InChI=1S/C16H20N2O2/c1-10-6-7-11(2)14-13(10)15(19)18(16(14)20)9-12-5-3-4-8-17-12/h6-7,12,17H,3-5,8-9H2,1-2H3. The molecule has 20 heavy (non-hydrogen) atoms. The van der Waals surface area contributed by atoms with Crippen LogP contribution in [0.1, 0.15) is 51.1 Å². The van der Waals surface area contributed by atoms with Crippen molar-refractivity contribution in [2.75, 3.05) is 13.1 Å². The molecule has 0 saturated carbocycles. The lowest BCUT2D eigenvalue weighted by atomic mass is 9.99. The Kier molecular flexibility index (Phi) is 3.34. The third-order valence-electron chi connectivity index (χ3n) is 4.36. The van der Waals surface area contributed by atoms with Crippen molar-refractivity contribution in [1.82, 2.24) is 10.2 Å². The second-order valence-electron chi connectivity index (χ2n) is 5.82. The van der Waals surface area contributed by atoms with Crippen molar-refractivity contribution < 1.29 is 9.59 Å². The molecule has 2 heterocycles. The average molecular weight is 272 g/mol. The number of carbonyl (C=O) groups excluding carboxylic acids is 2. The molecule has 1 atom stereocenters. The van der Waals surface area contributed by atoms with Crippen LogP contribution in [0.3, 0.4) is 0 Å². The molecule has 1 unspecified atom stereocenters. The largest absolute Gasteiger partial charge is 0.312 e. The number of aryl methyl sites for hydroxylation is 2. The van der Waals surface area contributed by atoms with Crippen molar-refractivity contribution in [2.24, 2.45) is 0 Å². The lowest BCUT2D eigenvalue weighted by Gasteiger charge is -2.27. The third-order valence-corrected chi connectivity index (χ3v) is 4.36. The summed E-state index contributed by atoms with van der Waals surface area (Å²) in [7, 11) is 0. The number of fused-ring (bicyclic) bond motifs is 1. The summed E-state index contributed by atoms with van der Waals surface area (Å²) in [6.07, 6.45) is 3.38. The monoisotopic (exact) mass is 272 g/mol. The van der Waals surface area contributed by atoms with Gasteiger partial charge >= 0.3 is 0 Å². The van der Waals surface area contributed by atoms with Crippen LogP contribution in [0.5, 0.6) is 0 Å². The topological polar surface area (TPSA) is 49.4 Å². The van der Waals surface area contributed by atoms with Gasteiger partial charge in [-0.3, -0.25) is 14.5 Å². The van der Waals surface area contributed by atoms with Gasteiger partial charge in [0.1, 0.15) is 0 Å². The van der Waals surface area contributed by atoms with E-state index in [2.05, 4.69) is 5.32 Å². The van der Waals surface area contributed by atoms with Crippen molar-refractivity contribution in [3.05, 3.63) is 34.4 Å². The van der Waals surface area contributed by atoms with Gasteiger partial charge in [0.05, 0.1) is 11.1 Å². The predicted molar refractivity (Wildman–Crippen MR) is 76.9 cm³/mol. The summed E-state index contributed by atoms with van der Waals surface area (Å²) >= 11 is 0. The van der Waals surface area contributed by atoms with E-state index in [0.29, 0.717) is 17.7 Å². The number of imide groups is 1. The molecule has 1 aromatic rings. The number of hydrogen-bond donors (Lipinski definition) is 1. The Hall–Kier alpha value is -1.68. The Bertz CT molecular complexity index is 533. The number of hydrogen-bond acceptors (Lipinski definition) is 3. The van der Waals surface area contributed by atoms with E-state index in [9.17, 15) is 9.59 Å². The van der Waals surface area contributed by atoms with Gasteiger partial charge in [0.15, 0.2) is 0 Å². The van der Waals surface area contributed by atoms with E-state index in [1.165, 1.54) is 17.7 Å². The normalized spacial score (nSPS) is 22.3. The highest BCUT2D eigenvalue weighted by atomic mass is 16.2. The SMILES string of the molecule is Cc1ccc(C)c2c1C(=O)N(CC1CCCCN1)C2=O. The molecule has 0 aliphatic carbocycles. The van der Waals surface area contributed by atoms with Crippen LogP contribution in [0.25, 0.3) is 0 Å².